The second-order valence-electron chi connectivity index (χ2n) is 7.13. The highest BCUT2D eigenvalue weighted by Gasteiger charge is 2.18. The van der Waals surface area contributed by atoms with Crippen LogP contribution in [0.3, 0.4) is 0 Å². The summed E-state index contributed by atoms with van der Waals surface area (Å²) >= 11 is 0. The Labute approximate surface area is 167 Å². The topological polar surface area (TPSA) is 64.4 Å². The summed E-state index contributed by atoms with van der Waals surface area (Å²) in [6.45, 7) is 7.11. The van der Waals surface area contributed by atoms with Crippen molar-refractivity contribution in [1.29, 1.82) is 0 Å². The smallest absolute Gasteiger partial charge is 0.399 e. The SMILES string of the molecule is Cc1c(F)cc(C(C)NC(=O)c2coc(Oc3cccc(C(C)C)c3)n2)cc1F. The van der Waals surface area contributed by atoms with Gasteiger partial charge >= 0.3 is 6.08 Å². The van der Waals surface area contributed by atoms with Crippen LogP contribution in [0.25, 0.3) is 0 Å². The molecule has 7 heteroatoms. The molecule has 1 unspecified atom stereocenters. The number of ether oxygens (including phenoxy) is 1. The number of oxazole rings is 1. The van der Waals surface area contributed by atoms with Gasteiger partial charge in [-0.3, -0.25) is 4.79 Å². The van der Waals surface area contributed by atoms with Crippen molar-refractivity contribution in [3.05, 3.63) is 76.7 Å². The lowest BCUT2D eigenvalue weighted by atomic mass is 10.0. The molecule has 1 heterocycles. The Balaban J connectivity index is 1.68. The molecule has 0 spiro atoms. The molecule has 5 nitrogen and oxygen atoms in total. The first kappa shape index (κ1) is 20.5. The van der Waals surface area contributed by atoms with Gasteiger partial charge in [-0.1, -0.05) is 26.0 Å². The first-order valence-corrected chi connectivity index (χ1v) is 9.24. The first-order valence-electron chi connectivity index (χ1n) is 9.24. The van der Waals surface area contributed by atoms with Gasteiger partial charge in [0.15, 0.2) is 5.69 Å². The summed E-state index contributed by atoms with van der Waals surface area (Å²) in [5.74, 6) is -0.997. The normalized spacial score (nSPS) is 12.1. The maximum Gasteiger partial charge on any atom is 0.399 e. The monoisotopic (exact) mass is 400 g/mol. The lowest BCUT2D eigenvalue weighted by Crippen LogP contribution is -2.27. The molecule has 1 aromatic heterocycles. The van der Waals surface area contributed by atoms with Crippen LogP contribution >= 0.6 is 0 Å². The number of amides is 1. The Morgan fingerprint density at radius 1 is 1.10 bits per heavy atom. The minimum absolute atomic E-state index is 0.0000743. The van der Waals surface area contributed by atoms with Crippen LogP contribution in [0.2, 0.25) is 0 Å². The van der Waals surface area contributed by atoms with E-state index in [9.17, 15) is 13.6 Å². The average molecular weight is 400 g/mol. The number of carbonyl (C=O) groups is 1. The summed E-state index contributed by atoms with van der Waals surface area (Å²) in [6.07, 6.45) is 1.09. The Bertz CT molecular complexity index is 1010. The Morgan fingerprint density at radius 3 is 2.45 bits per heavy atom. The molecule has 3 rings (SSSR count). The molecule has 2 aromatic carbocycles. The molecular formula is C22H22F2N2O3. The average Bonchev–Trinajstić information content (AvgIpc) is 3.14. The fourth-order valence-corrected chi connectivity index (χ4v) is 2.72. The van der Waals surface area contributed by atoms with Crippen LogP contribution < -0.4 is 10.1 Å². The highest BCUT2D eigenvalue weighted by atomic mass is 19.1. The van der Waals surface area contributed by atoms with E-state index < -0.39 is 23.6 Å². The predicted molar refractivity (Wildman–Crippen MR) is 104 cm³/mol. The third-order valence-corrected chi connectivity index (χ3v) is 4.60. The van der Waals surface area contributed by atoms with Gasteiger partial charge in [-0.2, -0.15) is 4.98 Å². The largest absolute Gasteiger partial charge is 0.416 e. The van der Waals surface area contributed by atoms with Crippen LogP contribution in [-0.2, 0) is 0 Å². The minimum Gasteiger partial charge on any atom is -0.416 e. The number of aromatic nitrogens is 1. The van der Waals surface area contributed by atoms with E-state index >= 15 is 0 Å². The van der Waals surface area contributed by atoms with Gasteiger partial charge in [0.2, 0.25) is 0 Å². The maximum absolute atomic E-state index is 13.8. The highest BCUT2D eigenvalue weighted by Crippen LogP contribution is 2.25. The van der Waals surface area contributed by atoms with Crippen LogP contribution in [0.4, 0.5) is 8.78 Å². The molecule has 0 aliphatic carbocycles. The van der Waals surface area contributed by atoms with Crippen LogP contribution in [0.15, 0.2) is 47.1 Å². The molecule has 0 aliphatic heterocycles. The molecule has 3 aromatic rings. The van der Waals surface area contributed by atoms with Crippen molar-refractivity contribution in [2.75, 3.05) is 0 Å². The third kappa shape index (κ3) is 4.80. The summed E-state index contributed by atoms with van der Waals surface area (Å²) in [7, 11) is 0. The van der Waals surface area contributed by atoms with Crippen LogP contribution in [-0.4, -0.2) is 10.9 Å². The number of halogens is 2. The number of rotatable bonds is 6. The van der Waals surface area contributed by atoms with Gasteiger partial charge in [-0.05, 0) is 55.2 Å². The number of hydrogen-bond donors (Lipinski definition) is 1. The van der Waals surface area contributed by atoms with Crippen molar-refractivity contribution in [2.45, 2.75) is 39.7 Å². The van der Waals surface area contributed by atoms with E-state index in [2.05, 4.69) is 24.1 Å². The molecular weight excluding hydrogens is 378 g/mol. The second-order valence-corrected chi connectivity index (χ2v) is 7.13. The van der Waals surface area contributed by atoms with Gasteiger partial charge in [0, 0.05) is 5.56 Å². The van der Waals surface area contributed by atoms with E-state index in [1.54, 1.807) is 13.0 Å². The molecule has 0 aliphatic rings. The van der Waals surface area contributed by atoms with E-state index in [0.717, 1.165) is 5.56 Å². The van der Waals surface area contributed by atoms with Gasteiger partial charge in [0.1, 0.15) is 23.6 Å². The van der Waals surface area contributed by atoms with Crippen molar-refractivity contribution in [3.8, 4) is 11.8 Å². The highest BCUT2D eigenvalue weighted by molar-refractivity contribution is 5.92. The Hall–Kier alpha value is -3.22. The third-order valence-electron chi connectivity index (χ3n) is 4.60. The van der Waals surface area contributed by atoms with Gasteiger partial charge in [0.05, 0.1) is 6.04 Å². The van der Waals surface area contributed by atoms with Crippen molar-refractivity contribution in [1.82, 2.24) is 10.3 Å². The van der Waals surface area contributed by atoms with E-state index in [-0.39, 0.29) is 17.3 Å². The molecule has 0 saturated heterocycles. The lowest BCUT2D eigenvalue weighted by molar-refractivity contribution is 0.0934. The molecule has 1 amide bonds. The van der Waals surface area contributed by atoms with Crippen molar-refractivity contribution >= 4 is 5.91 Å². The summed E-state index contributed by atoms with van der Waals surface area (Å²) in [6, 6.07) is 9.25. The Morgan fingerprint density at radius 2 is 1.79 bits per heavy atom. The predicted octanol–water partition coefficient (Wildman–Crippen LogP) is 5.67. The van der Waals surface area contributed by atoms with Crippen LogP contribution in [0, 0.1) is 18.6 Å². The molecule has 0 fully saturated rings. The molecule has 29 heavy (non-hydrogen) atoms. The molecule has 0 bridgehead atoms. The zero-order valence-corrected chi connectivity index (χ0v) is 16.6. The quantitative estimate of drug-likeness (QED) is 0.579. The van der Waals surface area contributed by atoms with Gasteiger partial charge in [-0.15, -0.1) is 0 Å². The maximum atomic E-state index is 13.8. The summed E-state index contributed by atoms with van der Waals surface area (Å²) in [5, 5.41) is 2.64. The van der Waals surface area contributed by atoms with E-state index in [0.29, 0.717) is 17.2 Å². The number of carbonyl (C=O) groups excluding carboxylic acids is 1. The summed E-state index contributed by atoms with van der Waals surface area (Å²) < 4.78 is 38.3. The van der Waals surface area contributed by atoms with E-state index in [1.807, 2.05) is 18.2 Å². The molecule has 1 atom stereocenters. The molecule has 0 radical (unpaired) electrons. The summed E-state index contributed by atoms with van der Waals surface area (Å²) in [5.41, 5.74) is 1.34. The van der Waals surface area contributed by atoms with Gasteiger partial charge < -0.3 is 14.5 Å². The summed E-state index contributed by atoms with van der Waals surface area (Å²) in [4.78, 5) is 16.4. The number of benzene rings is 2. The van der Waals surface area contributed by atoms with Crippen molar-refractivity contribution in [2.24, 2.45) is 0 Å². The van der Waals surface area contributed by atoms with Gasteiger partial charge in [-0.25, -0.2) is 8.78 Å². The van der Waals surface area contributed by atoms with Crippen LogP contribution in [0.5, 0.6) is 11.8 Å². The van der Waals surface area contributed by atoms with Crippen molar-refractivity contribution < 1.29 is 22.7 Å². The number of nitrogens with one attached hydrogen (secondary N) is 1. The number of nitrogens with zero attached hydrogens (tertiary/aromatic N) is 1. The fraction of sp³-hybridized carbons (Fsp3) is 0.273. The zero-order chi connectivity index (χ0) is 21.1. The number of hydrogen-bond acceptors (Lipinski definition) is 4. The lowest BCUT2D eigenvalue weighted by Gasteiger charge is -2.14. The molecule has 152 valence electrons. The molecule has 1 N–H and O–H groups in total. The zero-order valence-electron chi connectivity index (χ0n) is 16.6. The van der Waals surface area contributed by atoms with E-state index in [4.69, 9.17) is 9.15 Å². The van der Waals surface area contributed by atoms with Gasteiger partial charge in [0.25, 0.3) is 5.91 Å². The second kappa shape index (κ2) is 8.43. The van der Waals surface area contributed by atoms with Crippen LogP contribution in [0.1, 0.15) is 59.9 Å². The first-order chi connectivity index (χ1) is 13.7. The van der Waals surface area contributed by atoms with E-state index in [1.165, 1.54) is 25.3 Å². The minimum atomic E-state index is -0.665. The Kier molecular flexibility index (Phi) is 5.96. The molecule has 0 saturated carbocycles. The fourth-order valence-electron chi connectivity index (χ4n) is 2.72. The van der Waals surface area contributed by atoms with Crippen molar-refractivity contribution in [3.63, 3.8) is 0 Å². The standard InChI is InChI=1S/C22H22F2N2O3/c1-12(2)15-6-5-7-17(8-15)29-22-26-20(11-28-22)21(27)25-14(4)16-9-18(23)13(3)19(24)10-16/h5-12,14H,1-4H3,(H,25,27).